The zero-order valence-corrected chi connectivity index (χ0v) is 13.5. The zero-order chi connectivity index (χ0) is 15.9. The third-order valence-corrected chi connectivity index (χ3v) is 4.52. The average molecular weight is 311 g/mol. The lowest BCUT2D eigenvalue weighted by Crippen LogP contribution is -2.35. The van der Waals surface area contributed by atoms with Crippen molar-refractivity contribution in [3.05, 3.63) is 65.7 Å². The Morgan fingerprint density at radius 1 is 0.913 bits per heavy atom. The van der Waals surface area contributed by atoms with Gasteiger partial charge in [-0.3, -0.25) is 4.90 Å². The third kappa shape index (κ3) is 4.34. The maximum atomic E-state index is 9.78. The van der Waals surface area contributed by atoms with E-state index in [1.54, 1.807) is 0 Å². The lowest BCUT2D eigenvalue weighted by molar-refractivity contribution is 0.104. The van der Waals surface area contributed by atoms with Crippen LogP contribution in [0.5, 0.6) is 5.75 Å². The molecular formula is C20H25NO2. The number of piperidine rings is 1. The predicted molar refractivity (Wildman–Crippen MR) is 92.5 cm³/mol. The lowest BCUT2D eigenvalue weighted by Gasteiger charge is -2.33. The van der Waals surface area contributed by atoms with Crippen LogP contribution in [0.15, 0.2) is 54.6 Å². The van der Waals surface area contributed by atoms with E-state index in [4.69, 9.17) is 4.74 Å². The van der Waals surface area contributed by atoms with Gasteiger partial charge in [0.2, 0.25) is 0 Å². The summed E-state index contributed by atoms with van der Waals surface area (Å²) < 4.78 is 5.83. The summed E-state index contributed by atoms with van der Waals surface area (Å²) in [6, 6.07) is 18.4. The van der Waals surface area contributed by atoms with Crippen LogP contribution in [0.2, 0.25) is 0 Å². The summed E-state index contributed by atoms with van der Waals surface area (Å²) in [6.07, 6.45) is 3.77. The van der Waals surface area contributed by atoms with Crippen LogP contribution < -0.4 is 4.74 Å². The first-order chi connectivity index (χ1) is 11.4. The number of hydrogen-bond acceptors (Lipinski definition) is 3. The molecule has 3 nitrogen and oxygen atoms in total. The van der Waals surface area contributed by atoms with Crippen LogP contribution >= 0.6 is 0 Å². The summed E-state index contributed by atoms with van der Waals surface area (Å²) in [7, 11) is 0. The molecule has 1 saturated heterocycles. The number of nitrogens with zero attached hydrogens (tertiary/aromatic N) is 1. The molecule has 0 unspecified atom stereocenters. The Morgan fingerprint density at radius 2 is 1.61 bits per heavy atom. The van der Waals surface area contributed by atoms with Gasteiger partial charge in [0.25, 0.3) is 0 Å². The molecule has 3 heteroatoms. The van der Waals surface area contributed by atoms with Crippen molar-refractivity contribution in [2.24, 2.45) is 0 Å². The van der Waals surface area contributed by atoms with Crippen LogP contribution in [-0.4, -0.2) is 29.7 Å². The Balaban J connectivity index is 1.61. The molecule has 122 valence electrons. The van der Waals surface area contributed by atoms with E-state index in [-0.39, 0.29) is 12.6 Å². The fourth-order valence-electron chi connectivity index (χ4n) is 3.19. The molecule has 2 aromatic rings. The van der Waals surface area contributed by atoms with Crippen LogP contribution in [0.3, 0.4) is 0 Å². The SMILES string of the molecule is OC[C@H](c1ccc(OCc2ccccc2)cc1)N1CCCCC1. The molecular weight excluding hydrogens is 286 g/mol. The minimum Gasteiger partial charge on any atom is -0.489 e. The second kappa shape index (κ2) is 8.14. The second-order valence-corrected chi connectivity index (χ2v) is 6.14. The van der Waals surface area contributed by atoms with Crippen molar-refractivity contribution in [1.29, 1.82) is 0 Å². The minimum absolute atomic E-state index is 0.110. The van der Waals surface area contributed by atoms with Crippen LogP contribution in [0.4, 0.5) is 0 Å². The van der Waals surface area contributed by atoms with Gasteiger partial charge >= 0.3 is 0 Å². The number of ether oxygens (including phenoxy) is 1. The molecule has 0 saturated carbocycles. The van der Waals surface area contributed by atoms with Crippen molar-refractivity contribution >= 4 is 0 Å². The maximum absolute atomic E-state index is 9.78. The summed E-state index contributed by atoms with van der Waals surface area (Å²) in [5, 5.41) is 9.78. The lowest BCUT2D eigenvalue weighted by atomic mass is 10.0. The van der Waals surface area contributed by atoms with Crippen LogP contribution in [-0.2, 0) is 6.61 Å². The molecule has 1 heterocycles. The minimum atomic E-state index is 0.110. The average Bonchev–Trinajstić information content (AvgIpc) is 2.63. The quantitative estimate of drug-likeness (QED) is 0.881. The van der Waals surface area contributed by atoms with Gasteiger partial charge < -0.3 is 9.84 Å². The predicted octanol–water partition coefficient (Wildman–Crippen LogP) is 3.78. The van der Waals surface area contributed by atoms with E-state index in [0.29, 0.717) is 6.61 Å². The van der Waals surface area contributed by atoms with Gasteiger partial charge in [-0.15, -0.1) is 0 Å². The number of aliphatic hydroxyl groups excluding tert-OH is 1. The number of aliphatic hydroxyl groups is 1. The summed E-state index contributed by atoms with van der Waals surface area (Å²) in [5.41, 5.74) is 2.33. The third-order valence-electron chi connectivity index (χ3n) is 4.52. The smallest absolute Gasteiger partial charge is 0.119 e. The van der Waals surface area contributed by atoms with E-state index in [1.807, 2.05) is 30.3 Å². The molecule has 1 fully saturated rings. The van der Waals surface area contributed by atoms with Crippen molar-refractivity contribution in [2.75, 3.05) is 19.7 Å². The Labute approximate surface area is 138 Å². The van der Waals surface area contributed by atoms with Crippen molar-refractivity contribution in [3.63, 3.8) is 0 Å². The van der Waals surface area contributed by atoms with E-state index in [0.717, 1.165) is 24.4 Å². The van der Waals surface area contributed by atoms with Crippen LogP contribution in [0.1, 0.15) is 36.4 Å². The van der Waals surface area contributed by atoms with E-state index >= 15 is 0 Å². The van der Waals surface area contributed by atoms with Gasteiger partial charge in [0.05, 0.1) is 12.6 Å². The maximum Gasteiger partial charge on any atom is 0.119 e. The first-order valence-electron chi connectivity index (χ1n) is 8.48. The molecule has 1 aliphatic rings. The topological polar surface area (TPSA) is 32.7 Å². The first-order valence-corrected chi connectivity index (χ1v) is 8.48. The number of hydrogen-bond donors (Lipinski definition) is 1. The van der Waals surface area contributed by atoms with Crippen LogP contribution in [0, 0.1) is 0 Å². The standard InChI is InChI=1S/C20H25NO2/c22-15-20(21-13-5-2-6-14-21)18-9-11-19(12-10-18)23-16-17-7-3-1-4-8-17/h1,3-4,7-12,20,22H,2,5-6,13-16H2/t20-/m1/s1. The van der Waals surface area contributed by atoms with Crippen molar-refractivity contribution < 1.29 is 9.84 Å². The summed E-state index contributed by atoms with van der Waals surface area (Å²) >= 11 is 0. The number of likely N-dealkylation sites (tertiary alicyclic amines) is 1. The zero-order valence-electron chi connectivity index (χ0n) is 13.5. The summed E-state index contributed by atoms with van der Waals surface area (Å²) in [6.45, 7) is 2.91. The molecule has 2 aromatic carbocycles. The van der Waals surface area contributed by atoms with Crippen molar-refractivity contribution in [3.8, 4) is 5.75 Å². The first kappa shape index (κ1) is 16.0. The largest absolute Gasteiger partial charge is 0.489 e. The second-order valence-electron chi connectivity index (χ2n) is 6.14. The van der Waals surface area contributed by atoms with Crippen LogP contribution in [0.25, 0.3) is 0 Å². The molecule has 1 atom stereocenters. The monoisotopic (exact) mass is 311 g/mol. The fourth-order valence-corrected chi connectivity index (χ4v) is 3.19. The molecule has 0 aromatic heterocycles. The fraction of sp³-hybridized carbons (Fsp3) is 0.400. The van der Waals surface area contributed by atoms with Crippen molar-refractivity contribution in [1.82, 2.24) is 4.90 Å². The highest BCUT2D eigenvalue weighted by atomic mass is 16.5. The van der Waals surface area contributed by atoms with Gasteiger partial charge in [-0.1, -0.05) is 48.9 Å². The highest BCUT2D eigenvalue weighted by Gasteiger charge is 2.21. The number of benzene rings is 2. The molecule has 0 radical (unpaired) electrons. The van der Waals surface area contributed by atoms with E-state index in [2.05, 4.69) is 29.2 Å². The molecule has 1 N–H and O–H groups in total. The number of rotatable bonds is 6. The Bertz CT molecular complexity index is 576. The molecule has 1 aliphatic heterocycles. The highest BCUT2D eigenvalue weighted by molar-refractivity contribution is 5.30. The molecule has 0 amide bonds. The summed E-state index contributed by atoms with van der Waals surface area (Å²) in [5.74, 6) is 0.868. The van der Waals surface area contributed by atoms with Gasteiger partial charge in [-0.2, -0.15) is 0 Å². The van der Waals surface area contributed by atoms with Gasteiger partial charge in [0, 0.05) is 0 Å². The van der Waals surface area contributed by atoms with Gasteiger partial charge in [0.15, 0.2) is 0 Å². The normalized spacial score (nSPS) is 16.9. The van der Waals surface area contributed by atoms with E-state index < -0.39 is 0 Å². The Kier molecular flexibility index (Phi) is 5.67. The highest BCUT2D eigenvalue weighted by Crippen LogP contribution is 2.26. The Hall–Kier alpha value is -1.84. The van der Waals surface area contributed by atoms with Gasteiger partial charge in [-0.25, -0.2) is 0 Å². The molecule has 3 rings (SSSR count). The van der Waals surface area contributed by atoms with Gasteiger partial charge in [-0.05, 0) is 49.2 Å². The summed E-state index contributed by atoms with van der Waals surface area (Å²) in [4.78, 5) is 2.39. The van der Waals surface area contributed by atoms with Gasteiger partial charge in [0.1, 0.15) is 12.4 Å². The van der Waals surface area contributed by atoms with E-state index in [1.165, 1.54) is 24.8 Å². The Morgan fingerprint density at radius 3 is 2.26 bits per heavy atom. The van der Waals surface area contributed by atoms with E-state index in [9.17, 15) is 5.11 Å². The molecule has 23 heavy (non-hydrogen) atoms. The molecule has 0 bridgehead atoms. The molecule has 0 spiro atoms. The molecule has 0 aliphatic carbocycles. The van der Waals surface area contributed by atoms with Crippen molar-refractivity contribution in [2.45, 2.75) is 31.9 Å².